The average Bonchev–Trinajstić information content (AvgIpc) is 2.61. The summed E-state index contributed by atoms with van der Waals surface area (Å²) >= 11 is 0. The van der Waals surface area contributed by atoms with E-state index in [-0.39, 0.29) is 18.5 Å². The second-order valence-electron chi connectivity index (χ2n) is 5.58. The molecule has 1 atom stereocenters. The summed E-state index contributed by atoms with van der Waals surface area (Å²) in [6, 6.07) is 6.92. The second kappa shape index (κ2) is 8.86. The van der Waals surface area contributed by atoms with Crippen molar-refractivity contribution in [2.45, 2.75) is 32.9 Å². The average molecular weight is 345 g/mol. The lowest BCUT2D eigenvalue weighted by molar-refractivity contribution is -0.122. The number of hydrogen-bond donors (Lipinski definition) is 1. The Morgan fingerprint density at radius 3 is 2.84 bits per heavy atom. The van der Waals surface area contributed by atoms with Crippen LogP contribution in [0.25, 0.3) is 0 Å². The number of benzene rings is 1. The second-order valence-corrected chi connectivity index (χ2v) is 5.58. The van der Waals surface area contributed by atoms with Gasteiger partial charge in [-0.1, -0.05) is 13.0 Å². The predicted octanol–water partition coefficient (Wildman–Crippen LogP) is 1.92. The number of nitrogens with one attached hydrogen (secondary N) is 1. The van der Waals surface area contributed by atoms with Crippen molar-refractivity contribution >= 4 is 5.91 Å². The number of rotatable bonds is 8. The Kier molecular flexibility index (Phi) is 6.56. The molecule has 1 unspecified atom stereocenters. The van der Waals surface area contributed by atoms with Crippen molar-refractivity contribution in [3.05, 3.63) is 52.7 Å². The van der Waals surface area contributed by atoms with Crippen LogP contribution in [-0.4, -0.2) is 29.2 Å². The fraction of sp³-hybridized carbons (Fsp3) is 0.389. The van der Waals surface area contributed by atoms with Crippen molar-refractivity contribution in [3.63, 3.8) is 0 Å². The summed E-state index contributed by atoms with van der Waals surface area (Å²) in [5.74, 6) is 1.02. The van der Waals surface area contributed by atoms with Crippen LogP contribution in [0.4, 0.5) is 0 Å². The van der Waals surface area contributed by atoms with Crippen molar-refractivity contribution < 1.29 is 14.3 Å². The summed E-state index contributed by atoms with van der Waals surface area (Å²) in [7, 11) is 1.58. The Labute approximate surface area is 146 Å². The molecule has 2 rings (SSSR count). The molecule has 134 valence electrons. The maximum Gasteiger partial charge on any atom is 0.347 e. The minimum absolute atomic E-state index is 0.0775. The minimum Gasteiger partial charge on any atom is -0.493 e. The van der Waals surface area contributed by atoms with Crippen LogP contribution in [0.5, 0.6) is 11.5 Å². The van der Waals surface area contributed by atoms with E-state index < -0.39 is 5.69 Å². The Bertz CT molecular complexity index is 773. The molecule has 1 aromatic heterocycles. The van der Waals surface area contributed by atoms with Crippen LogP contribution >= 0.6 is 0 Å². The van der Waals surface area contributed by atoms with Crippen LogP contribution in [0.2, 0.25) is 0 Å². The van der Waals surface area contributed by atoms with E-state index in [0.29, 0.717) is 18.1 Å². The van der Waals surface area contributed by atoms with E-state index >= 15 is 0 Å². The zero-order valence-electron chi connectivity index (χ0n) is 14.7. The molecule has 2 aromatic rings. The molecule has 25 heavy (non-hydrogen) atoms. The predicted molar refractivity (Wildman–Crippen MR) is 93.8 cm³/mol. The van der Waals surface area contributed by atoms with Crippen LogP contribution < -0.4 is 20.5 Å². The van der Waals surface area contributed by atoms with Gasteiger partial charge in [0.25, 0.3) is 0 Å². The molecule has 0 spiro atoms. The number of hydrogen-bond acceptors (Lipinski definition) is 5. The Morgan fingerprint density at radius 2 is 2.16 bits per heavy atom. The molecule has 0 fully saturated rings. The monoisotopic (exact) mass is 345 g/mol. The molecule has 1 heterocycles. The van der Waals surface area contributed by atoms with Gasteiger partial charge in [-0.3, -0.25) is 9.36 Å². The molecule has 0 radical (unpaired) electrons. The van der Waals surface area contributed by atoms with Gasteiger partial charge in [0.15, 0.2) is 11.5 Å². The van der Waals surface area contributed by atoms with E-state index in [1.807, 2.05) is 32.0 Å². The van der Waals surface area contributed by atoms with E-state index in [9.17, 15) is 9.59 Å². The molecule has 0 aliphatic heterocycles. The van der Waals surface area contributed by atoms with Gasteiger partial charge in [-0.25, -0.2) is 9.78 Å². The maximum atomic E-state index is 12.2. The largest absolute Gasteiger partial charge is 0.493 e. The lowest BCUT2D eigenvalue weighted by Gasteiger charge is -2.17. The lowest BCUT2D eigenvalue weighted by atomic mass is 10.1. The normalized spacial score (nSPS) is 11.6. The van der Waals surface area contributed by atoms with Crippen LogP contribution in [0.3, 0.4) is 0 Å². The highest BCUT2D eigenvalue weighted by Gasteiger charge is 2.13. The van der Waals surface area contributed by atoms with E-state index in [2.05, 4.69) is 10.3 Å². The summed E-state index contributed by atoms with van der Waals surface area (Å²) in [5, 5.41) is 2.86. The molecular formula is C18H23N3O4. The number of carbonyl (C=O) groups excluding carboxylic acids is 1. The van der Waals surface area contributed by atoms with Crippen molar-refractivity contribution in [3.8, 4) is 11.5 Å². The Balaban J connectivity index is 2.04. The zero-order valence-corrected chi connectivity index (χ0v) is 14.7. The number of nitrogens with zero attached hydrogens (tertiary/aromatic N) is 2. The molecule has 1 aromatic carbocycles. The molecule has 0 bridgehead atoms. The highest BCUT2D eigenvalue weighted by molar-refractivity contribution is 5.76. The maximum absolute atomic E-state index is 12.2. The van der Waals surface area contributed by atoms with Gasteiger partial charge in [0.2, 0.25) is 5.91 Å². The van der Waals surface area contributed by atoms with Crippen LogP contribution in [-0.2, 0) is 11.3 Å². The smallest absolute Gasteiger partial charge is 0.347 e. The number of methoxy groups -OCH3 is 1. The van der Waals surface area contributed by atoms with Crippen molar-refractivity contribution in [1.29, 1.82) is 0 Å². The summed E-state index contributed by atoms with van der Waals surface area (Å²) in [5.41, 5.74) is 0.428. The van der Waals surface area contributed by atoms with E-state index in [4.69, 9.17) is 9.47 Å². The molecule has 0 saturated heterocycles. The Hall–Kier alpha value is -2.83. The van der Waals surface area contributed by atoms with Gasteiger partial charge in [-0.15, -0.1) is 0 Å². The molecule has 1 amide bonds. The SMILES string of the molecule is CCCOc1ccc(C(C)NC(=O)Cn2cccnc2=O)cc1OC. The molecule has 7 heteroatoms. The third kappa shape index (κ3) is 5.07. The molecule has 7 nitrogen and oxygen atoms in total. The first kappa shape index (κ1) is 18.5. The Morgan fingerprint density at radius 1 is 1.36 bits per heavy atom. The molecular weight excluding hydrogens is 322 g/mol. The van der Waals surface area contributed by atoms with Gasteiger partial charge in [0.1, 0.15) is 6.54 Å². The van der Waals surface area contributed by atoms with Gasteiger partial charge < -0.3 is 14.8 Å². The van der Waals surface area contributed by atoms with Gasteiger partial charge in [0, 0.05) is 12.4 Å². The third-order valence-corrected chi connectivity index (χ3v) is 3.62. The van der Waals surface area contributed by atoms with Crippen LogP contribution in [0.15, 0.2) is 41.5 Å². The van der Waals surface area contributed by atoms with E-state index in [1.165, 1.54) is 17.0 Å². The van der Waals surface area contributed by atoms with Gasteiger partial charge in [-0.2, -0.15) is 0 Å². The van der Waals surface area contributed by atoms with E-state index in [1.54, 1.807) is 13.2 Å². The highest BCUT2D eigenvalue weighted by atomic mass is 16.5. The first-order valence-corrected chi connectivity index (χ1v) is 8.16. The van der Waals surface area contributed by atoms with Gasteiger partial charge in [-0.05, 0) is 37.1 Å². The van der Waals surface area contributed by atoms with E-state index in [0.717, 1.165) is 12.0 Å². The standard InChI is InChI=1S/C18H23N3O4/c1-4-10-25-15-7-6-14(11-16(15)24-3)13(2)20-17(22)12-21-9-5-8-19-18(21)23/h5-9,11,13H,4,10,12H2,1-3H3,(H,20,22). The fourth-order valence-corrected chi connectivity index (χ4v) is 2.32. The first-order chi connectivity index (χ1) is 12.0. The number of aromatic nitrogens is 2. The number of ether oxygens (including phenoxy) is 2. The zero-order chi connectivity index (χ0) is 18.2. The van der Waals surface area contributed by atoms with Crippen LogP contribution in [0, 0.1) is 0 Å². The van der Waals surface area contributed by atoms with Crippen molar-refractivity contribution in [2.75, 3.05) is 13.7 Å². The fourth-order valence-electron chi connectivity index (χ4n) is 2.32. The summed E-state index contributed by atoms with van der Waals surface area (Å²) in [4.78, 5) is 27.3. The highest BCUT2D eigenvalue weighted by Crippen LogP contribution is 2.30. The first-order valence-electron chi connectivity index (χ1n) is 8.16. The quantitative estimate of drug-likeness (QED) is 0.790. The van der Waals surface area contributed by atoms with Crippen molar-refractivity contribution in [2.24, 2.45) is 0 Å². The van der Waals surface area contributed by atoms with Gasteiger partial charge >= 0.3 is 5.69 Å². The molecule has 0 aliphatic carbocycles. The van der Waals surface area contributed by atoms with Crippen molar-refractivity contribution in [1.82, 2.24) is 14.9 Å². The van der Waals surface area contributed by atoms with Gasteiger partial charge in [0.05, 0.1) is 19.8 Å². The minimum atomic E-state index is -0.454. The number of amides is 1. The molecule has 0 saturated carbocycles. The summed E-state index contributed by atoms with van der Waals surface area (Å²) in [6.45, 7) is 4.44. The summed E-state index contributed by atoms with van der Waals surface area (Å²) < 4.78 is 12.2. The third-order valence-electron chi connectivity index (χ3n) is 3.62. The van der Waals surface area contributed by atoms with Crippen LogP contribution in [0.1, 0.15) is 31.9 Å². The topological polar surface area (TPSA) is 82.5 Å². The molecule has 0 aliphatic rings. The molecule has 1 N–H and O–H groups in total. The summed E-state index contributed by atoms with van der Waals surface area (Å²) in [6.07, 6.45) is 3.83. The number of carbonyl (C=O) groups is 1. The lowest BCUT2D eigenvalue weighted by Crippen LogP contribution is -2.34.